The highest BCUT2D eigenvalue weighted by Gasteiger charge is 1.98. The van der Waals surface area contributed by atoms with Crippen molar-refractivity contribution in [2.24, 2.45) is 15.2 Å². The Hall–Kier alpha value is -2.21. The molecule has 0 N–H and O–H groups in total. The molecule has 0 atom stereocenters. The van der Waals surface area contributed by atoms with Crippen molar-refractivity contribution < 1.29 is 0 Å². The molecule has 1 aromatic rings. The second kappa shape index (κ2) is 8.13. The summed E-state index contributed by atoms with van der Waals surface area (Å²) in [5.74, 6) is 0.545. The minimum Gasteiger partial charge on any atom is -0.243 e. The lowest BCUT2D eigenvalue weighted by Crippen LogP contribution is -1.95. The molecular weight excluding hydrogens is 198 g/mol. The number of aliphatic imine (C=N–C) groups is 1. The molecule has 3 nitrogen and oxygen atoms in total. The fraction of sp³-hybridized carbons (Fsp3) is 0.154. The Kier molecular flexibility index (Phi) is 7.00. The first-order valence-corrected chi connectivity index (χ1v) is 4.70. The largest absolute Gasteiger partial charge is 0.243 e. The van der Waals surface area contributed by atoms with E-state index in [1.807, 2.05) is 31.2 Å². The van der Waals surface area contributed by atoms with Crippen molar-refractivity contribution in [1.29, 1.82) is 0 Å². The average molecular weight is 213 g/mol. The van der Waals surface area contributed by atoms with Crippen molar-refractivity contribution in [2.75, 3.05) is 0 Å². The van der Waals surface area contributed by atoms with Crippen LogP contribution < -0.4 is 0 Å². The van der Waals surface area contributed by atoms with Gasteiger partial charge in [0, 0.05) is 11.8 Å². The summed E-state index contributed by atoms with van der Waals surface area (Å²) in [6.07, 6.45) is 9.61. The van der Waals surface area contributed by atoms with Gasteiger partial charge in [-0.25, -0.2) is 4.99 Å². The minimum atomic E-state index is 0.545. The first-order valence-electron chi connectivity index (χ1n) is 4.70. The summed E-state index contributed by atoms with van der Waals surface area (Å²) in [6.45, 7) is 7.30. The molecule has 0 aromatic heterocycles. The first-order chi connectivity index (χ1) is 7.77. The number of aryl methyl sites for hydroxylation is 1. The summed E-state index contributed by atoms with van der Waals surface area (Å²) in [6, 6.07) is 7.92. The van der Waals surface area contributed by atoms with Crippen molar-refractivity contribution in [3.63, 3.8) is 0 Å². The fourth-order valence-electron chi connectivity index (χ4n) is 0.996. The Morgan fingerprint density at radius 1 is 1.25 bits per heavy atom. The Bertz CT molecular complexity index is 397. The summed E-state index contributed by atoms with van der Waals surface area (Å²) in [4.78, 5) is 3.81. The number of hydrogen-bond acceptors (Lipinski definition) is 2. The number of amidine groups is 1. The molecule has 16 heavy (non-hydrogen) atoms. The van der Waals surface area contributed by atoms with Gasteiger partial charge in [0.15, 0.2) is 5.84 Å². The predicted octanol–water partition coefficient (Wildman–Crippen LogP) is 2.70. The Balaban J connectivity index is 0.00000106. The molecule has 3 heteroatoms. The highest BCUT2D eigenvalue weighted by atomic mass is 15.2. The van der Waals surface area contributed by atoms with Gasteiger partial charge in [-0.15, -0.1) is 17.9 Å². The van der Waals surface area contributed by atoms with Gasteiger partial charge in [0.1, 0.15) is 0 Å². The molecule has 82 valence electrons. The molecule has 0 saturated heterocycles. The topological polar surface area (TPSA) is 37.1 Å². The zero-order valence-corrected chi connectivity index (χ0v) is 9.59. The van der Waals surface area contributed by atoms with Gasteiger partial charge in [-0.3, -0.25) is 0 Å². The van der Waals surface area contributed by atoms with E-state index in [0.29, 0.717) is 5.84 Å². The van der Waals surface area contributed by atoms with E-state index in [1.54, 1.807) is 13.1 Å². The number of hydrogen-bond donors (Lipinski definition) is 0. The molecule has 1 rings (SSSR count). The normalized spacial score (nSPS) is 10.6. The van der Waals surface area contributed by atoms with E-state index < -0.39 is 0 Å². The highest BCUT2D eigenvalue weighted by molar-refractivity contribution is 6.01. The van der Waals surface area contributed by atoms with Gasteiger partial charge in [0.25, 0.3) is 0 Å². The van der Waals surface area contributed by atoms with Gasteiger partial charge in [-0.2, -0.15) is 5.10 Å². The molecular formula is C13H15N3. The third-order valence-electron chi connectivity index (χ3n) is 1.73. The molecule has 0 bridgehead atoms. The van der Waals surface area contributed by atoms with E-state index in [4.69, 9.17) is 0 Å². The molecule has 0 spiro atoms. The molecule has 0 fully saturated rings. The van der Waals surface area contributed by atoms with Crippen LogP contribution in [0.1, 0.15) is 18.1 Å². The smallest absolute Gasteiger partial charge is 0.181 e. The summed E-state index contributed by atoms with van der Waals surface area (Å²) in [7, 11) is 0. The Morgan fingerprint density at radius 2 is 1.81 bits per heavy atom. The minimum absolute atomic E-state index is 0.545. The van der Waals surface area contributed by atoms with Crippen LogP contribution in [0.2, 0.25) is 0 Å². The van der Waals surface area contributed by atoms with Crippen LogP contribution in [0.25, 0.3) is 0 Å². The molecule has 0 aliphatic carbocycles. The number of benzene rings is 1. The maximum atomic E-state index is 4.00. The van der Waals surface area contributed by atoms with Crippen molar-refractivity contribution in [3.8, 4) is 12.8 Å². The van der Waals surface area contributed by atoms with Crippen LogP contribution in [0.3, 0.4) is 0 Å². The van der Waals surface area contributed by atoms with E-state index in [0.717, 1.165) is 5.56 Å². The summed E-state index contributed by atoms with van der Waals surface area (Å²) in [5.41, 5.74) is 2.13. The molecule has 0 aliphatic rings. The van der Waals surface area contributed by atoms with E-state index in [9.17, 15) is 0 Å². The lowest BCUT2D eigenvalue weighted by Gasteiger charge is -1.98. The summed E-state index contributed by atoms with van der Waals surface area (Å²) >= 11 is 0. The van der Waals surface area contributed by atoms with Gasteiger partial charge < -0.3 is 0 Å². The number of terminal acetylenes is 1. The van der Waals surface area contributed by atoms with Crippen LogP contribution in [0, 0.1) is 19.8 Å². The zero-order valence-electron chi connectivity index (χ0n) is 9.59. The number of rotatable bonds is 2. The van der Waals surface area contributed by atoms with Gasteiger partial charge in [0.05, 0.1) is 0 Å². The highest BCUT2D eigenvalue weighted by Crippen LogP contribution is 2.05. The molecule has 0 aliphatic heterocycles. The monoisotopic (exact) mass is 213 g/mol. The van der Waals surface area contributed by atoms with Crippen LogP contribution in [0.5, 0.6) is 0 Å². The molecule has 0 saturated carbocycles. The molecule has 1 aromatic carbocycles. The van der Waals surface area contributed by atoms with Crippen molar-refractivity contribution in [3.05, 3.63) is 35.4 Å². The Labute approximate surface area is 96.6 Å². The van der Waals surface area contributed by atoms with E-state index in [-0.39, 0.29) is 0 Å². The Morgan fingerprint density at radius 3 is 2.25 bits per heavy atom. The van der Waals surface area contributed by atoms with E-state index in [2.05, 4.69) is 34.8 Å². The fourth-order valence-corrected chi connectivity index (χ4v) is 0.996. The first kappa shape index (κ1) is 13.8. The van der Waals surface area contributed by atoms with Crippen LogP contribution in [0.4, 0.5) is 0 Å². The zero-order chi connectivity index (χ0) is 12.4. The number of nitrogens with zero attached hydrogens (tertiary/aromatic N) is 3. The van der Waals surface area contributed by atoms with Crippen LogP contribution in [-0.2, 0) is 0 Å². The predicted molar refractivity (Wildman–Crippen MR) is 71.3 cm³/mol. The third kappa shape index (κ3) is 4.34. The molecule has 0 amide bonds. The van der Waals surface area contributed by atoms with Crippen molar-refractivity contribution >= 4 is 18.8 Å². The molecule has 0 heterocycles. The summed E-state index contributed by atoms with van der Waals surface area (Å²) < 4.78 is 0. The standard InChI is InChI=1S/C11H13N3.C2H2/c1-4-13-14-11(12-3)10-7-5-9(2)6-8-10;1-2/h4-8H,3H2,1-2H3;1-2H/b13-4-,14-11-;. The SMILES string of the molecule is C#C.C=N/C(=N\N=C/C)c1ccc(C)cc1. The lowest BCUT2D eigenvalue weighted by atomic mass is 10.1. The maximum Gasteiger partial charge on any atom is 0.181 e. The van der Waals surface area contributed by atoms with Gasteiger partial charge >= 0.3 is 0 Å². The molecule has 0 radical (unpaired) electrons. The van der Waals surface area contributed by atoms with Gasteiger partial charge in [-0.05, 0) is 20.6 Å². The van der Waals surface area contributed by atoms with Crippen molar-refractivity contribution in [1.82, 2.24) is 0 Å². The second-order valence-corrected chi connectivity index (χ2v) is 2.82. The second-order valence-electron chi connectivity index (χ2n) is 2.82. The third-order valence-corrected chi connectivity index (χ3v) is 1.73. The van der Waals surface area contributed by atoms with Gasteiger partial charge in [-0.1, -0.05) is 29.8 Å². The van der Waals surface area contributed by atoms with Gasteiger partial charge in [0.2, 0.25) is 0 Å². The lowest BCUT2D eigenvalue weighted by molar-refractivity contribution is 1.23. The van der Waals surface area contributed by atoms with Crippen LogP contribution >= 0.6 is 0 Å². The average Bonchev–Trinajstić information content (AvgIpc) is 2.35. The van der Waals surface area contributed by atoms with Crippen molar-refractivity contribution in [2.45, 2.75) is 13.8 Å². The van der Waals surface area contributed by atoms with Crippen LogP contribution in [-0.4, -0.2) is 18.8 Å². The van der Waals surface area contributed by atoms with E-state index in [1.165, 1.54) is 5.56 Å². The summed E-state index contributed by atoms with van der Waals surface area (Å²) in [5, 5.41) is 7.69. The molecule has 0 unspecified atom stereocenters. The quantitative estimate of drug-likeness (QED) is 0.313. The van der Waals surface area contributed by atoms with E-state index >= 15 is 0 Å². The maximum absolute atomic E-state index is 4.00. The van der Waals surface area contributed by atoms with Crippen LogP contribution in [0.15, 0.2) is 39.5 Å².